The first-order chi connectivity index (χ1) is 9.63. The van der Waals surface area contributed by atoms with Crippen molar-refractivity contribution in [1.82, 2.24) is 14.9 Å². The molecule has 2 rings (SSSR count). The van der Waals surface area contributed by atoms with Crippen LogP contribution in [0.4, 0.5) is 0 Å². The average Bonchev–Trinajstić information content (AvgIpc) is 2.86. The minimum Gasteiger partial charge on any atom is -0.481 e. The lowest BCUT2D eigenvalue weighted by Crippen LogP contribution is -2.25. The zero-order chi connectivity index (χ0) is 14.5. The summed E-state index contributed by atoms with van der Waals surface area (Å²) in [4.78, 5) is 16.2. The number of hydrogen-bond acceptors (Lipinski definition) is 3. The van der Waals surface area contributed by atoms with Crippen LogP contribution < -0.4 is 10.1 Å². The van der Waals surface area contributed by atoms with E-state index in [1.807, 2.05) is 29.8 Å². The number of rotatable bonds is 5. The number of aryl methyl sites for hydroxylation is 1. The molecule has 1 N–H and O–H groups in total. The summed E-state index contributed by atoms with van der Waals surface area (Å²) in [7, 11) is 1.57. The van der Waals surface area contributed by atoms with Crippen LogP contribution in [0.5, 0.6) is 5.88 Å². The Balaban J connectivity index is 2.04. The predicted molar refractivity (Wildman–Crippen MR) is 79.8 cm³/mol. The molecule has 0 aliphatic carbocycles. The fourth-order valence-electron chi connectivity index (χ4n) is 1.87. The van der Waals surface area contributed by atoms with E-state index < -0.39 is 0 Å². The maximum atomic E-state index is 12.2. The molecule has 5 nitrogen and oxygen atoms in total. The van der Waals surface area contributed by atoms with Gasteiger partial charge >= 0.3 is 0 Å². The standard InChI is InChI=1S/C14H16BrN3O2/c1-3-18-9-11(15)7-12(18)14(19)17-8-10-4-5-16-13(6-10)20-2/h4-7,9H,3,8H2,1-2H3,(H,17,19). The summed E-state index contributed by atoms with van der Waals surface area (Å²) < 4.78 is 7.85. The van der Waals surface area contributed by atoms with Gasteiger partial charge in [-0.05, 0) is 40.5 Å². The third kappa shape index (κ3) is 3.39. The normalized spacial score (nSPS) is 10.3. The van der Waals surface area contributed by atoms with Crippen molar-refractivity contribution in [1.29, 1.82) is 0 Å². The number of amides is 1. The van der Waals surface area contributed by atoms with Gasteiger partial charge < -0.3 is 14.6 Å². The molecule has 0 radical (unpaired) electrons. The third-order valence-electron chi connectivity index (χ3n) is 2.90. The zero-order valence-electron chi connectivity index (χ0n) is 11.4. The lowest BCUT2D eigenvalue weighted by Gasteiger charge is -2.08. The second kappa shape index (κ2) is 6.56. The lowest BCUT2D eigenvalue weighted by molar-refractivity contribution is 0.0941. The van der Waals surface area contributed by atoms with Gasteiger partial charge in [-0.15, -0.1) is 0 Å². The van der Waals surface area contributed by atoms with Crippen molar-refractivity contribution in [3.05, 3.63) is 46.3 Å². The zero-order valence-corrected chi connectivity index (χ0v) is 13.0. The molecule has 0 unspecified atom stereocenters. The van der Waals surface area contributed by atoms with Gasteiger partial charge in [-0.25, -0.2) is 4.98 Å². The van der Waals surface area contributed by atoms with Crippen LogP contribution in [0.2, 0.25) is 0 Å². The highest BCUT2D eigenvalue weighted by atomic mass is 79.9. The summed E-state index contributed by atoms with van der Waals surface area (Å²) in [5, 5.41) is 2.89. The first-order valence-corrected chi connectivity index (χ1v) is 7.06. The number of nitrogens with zero attached hydrogens (tertiary/aromatic N) is 2. The summed E-state index contributed by atoms with van der Waals surface area (Å²) >= 11 is 3.38. The Kier molecular flexibility index (Phi) is 4.79. The second-order valence-corrected chi connectivity index (χ2v) is 5.13. The van der Waals surface area contributed by atoms with E-state index in [4.69, 9.17) is 4.74 Å². The van der Waals surface area contributed by atoms with E-state index in [2.05, 4.69) is 26.2 Å². The van der Waals surface area contributed by atoms with Gasteiger partial charge in [-0.1, -0.05) is 0 Å². The van der Waals surface area contributed by atoms with Crippen LogP contribution in [0.3, 0.4) is 0 Å². The van der Waals surface area contributed by atoms with Crippen molar-refractivity contribution < 1.29 is 9.53 Å². The van der Waals surface area contributed by atoms with Gasteiger partial charge in [0.05, 0.1) is 7.11 Å². The minimum absolute atomic E-state index is 0.103. The fraction of sp³-hybridized carbons (Fsp3) is 0.286. The third-order valence-corrected chi connectivity index (χ3v) is 3.33. The number of ether oxygens (including phenoxy) is 1. The molecule has 2 aromatic heterocycles. The van der Waals surface area contributed by atoms with Gasteiger partial charge in [-0.3, -0.25) is 4.79 Å². The van der Waals surface area contributed by atoms with E-state index >= 15 is 0 Å². The van der Waals surface area contributed by atoms with Gasteiger partial charge in [0.2, 0.25) is 5.88 Å². The largest absolute Gasteiger partial charge is 0.481 e. The molecule has 0 aromatic carbocycles. The number of methoxy groups -OCH3 is 1. The summed E-state index contributed by atoms with van der Waals surface area (Å²) in [6.45, 7) is 3.18. The van der Waals surface area contributed by atoms with E-state index in [-0.39, 0.29) is 5.91 Å². The Morgan fingerprint density at radius 3 is 3.00 bits per heavy atom. The van der Waals surface area contributed by atoms with Crippen molar-refractivity contribution in [3.8, 4) is 5.88 Å². The first kappa shape index (κ1) is 14.6. The number of aromatic nitrogens is 2. The topological polar surface area (TPSA) is 56.2 Å². The van der Waals surface area contributed by atoms with E-state index in [0.717, 1.165) is 16.6 Å². The fourth-order valence-corrected chi connectivity index (χ4v) is 2.34. The molecule has 6 heteroatoms. The highest BCUT2D eigenvalue weighted by molar-refractivity contribution is 9.10. The molecule has 0 fully saturated rings. The Hall–Kier alpha value is -1.82. The Morgan fingerprint density at radius 2 is 2.30 bits per heavy atom. The molecule has 2 aromatic rings. The van der Waals surface area contributed by atoms with Gasteiger partial charge in [0.15, 0.2) is 0 Å². The van der Waals surface area contributed by atoms with E-state index in [9.17, 15) is 4.79 Å². The molecular formula is C14H16BrN3O2. The van der Waals surface area contributed by atoms with Gasteiger partial charge in [0.1, 0.15) is 5.69 Å². The molecule has 0 saturated carbocycles. The van der Waals surface area contributed by atoms with Crippen molar-refractivity contribution >= 4 is 21.8 Å². The number of carbonyl (C=O) groups excluding carboxylic acids is 1. The summed E-state index contributed by atoms with van der Waals surface area (Å²) in [6.07, 6.45) is 3.55. The highest BCUT2D eigenvalue weighted by Gasteiger charge is 2.11. The summed E-state index contributed by atoms with van der Waals surface area (Å²) in [5.74, 6) is 0.435. The Morgan fingerprint density at radius 1 is 1.50 bits per heavy atom. The second-order valence-electron chi connectivity index (χ2n) is 4.22. The maximum Gasteiger partial charge on any atom is 0.268 e. The molecule has 0 spiro atoms. The SMILES string of the molecule is CCn1cc(Br)cc1C(=O)NCc1ccnc(OC)c1. The molecule has 0 atom stereocenters. The summed E-state index contributed by atoms with van der Waals surface area (Å²) in [6, 6.07) is 5.46. The molecule has 20 heavy (non-hydrogen) atoms. The predicted octanol–water partition coefficient (Wildman–Crippen LogP) is 2.60. The number of carbonyl (C=O) groups is 1. The monoisotopic (exact) mass is 337 g/mol. The number of halogens is 1. The quantitative estimate of drug-likeness (QED) is 0.912. The van der Waals surface area contributed by atoms with Gasteiger partial charge in [0.25, 0.3) is 5.91 Å². The number of hydrogen-bond donors (Lipinski definition) is 1. The first-order valence-electron chi connectivity index (χ1n) is 6.26. The van der Waals surface area contributed by atoms with Crippen LogP contribution in [-0.4, -0.2) is 22.6 Å². The average molecular weight is 338 g/mol. The minimum atomic E-state index is -0.103. The van der Waals surface area contributed by atoms with Crippen molar-refractivity contribution in [2.45, 2.75) is 20.0 Å². The van der Waals surface area contributed by atoms with Crippen LogP contribution in [0, 0.1) is 0 Å². The Bertz CT molecular complexity index is 610. The van der Waals surface area contributed by atoms with Crippen molar-refractivity contribution in [3.63, 3.8) is 0 Å². The molecule has 106 valence electrons. The number of pyridine rings is 1. The van der Waals surface area contributed by atoms with Crippen molar-refractivity contribution in [2.24, 2.45) is 0 Å². The maximum absolute atomic E-state index is 12.2. The number of nitrogens with one attached hydrogen (secondary N) is 1. The van der Waals surface area contributed by atoms with Crippen LogP contribution in [-0.2, 0) is 13.1 Å². The highest BCUT2D eigenvalue weighted by Crippen LogP contribution is 2.15. The molecule has 1 amide bonds. The molecule has 2 heterocycles. The molecule has 0 aliphatic rings. The van der Waals surface area contributed by atoms with E-state index in [1.165, 1.54) is 0 Å². The smallest absolute Gasteiger partial charge is 0.268 e. The van der Waals surface area contributed by atoms with Crippen LogP contribution in [0.1, 0.15) is 23.0 Å². The molecule has 0 bridgehead atoms. The Labute approximate surface area is 126 Å². The van der Waals surface area contributed by atoms with Crippen LogP contribution in [0.15, 0.2) is 35.1 Å². The van der Waals surface area contributed by atoms with Crippen molar-refractivity contribution in [2.75, 3.05) is 7.11 Å². The van der Waals surface area contributed by atoms with Crippen LogP contribution in [0.25, 0.3) is 0 Å². The van der Waals surface area contributed by atoms with E-state index in [0.29, 0.717) is 18.1 Å². The summed E-state index contributed by atoms with van der Waals surface area (Å²) in [5.41, 5.74) is 1.58. The molecule has 0 saturated heterocycles. The van der Waals surface area contributed by atoms with E-state index in [1.54, 1.807) is 19.4 Å². The van der Waals surface area contributed by atoms with Crippen LogP contribution >= 0.6 is 15.9 Å². The van der Waals surface area contributed by atoms with Gasteiger partial charge in [-0.2, -0.15) is 0 Å². The molecule has 0 aliphatic heterocycles. The lowest BCUT2D eigenvalue weighted by atomic mass is 10.2. The molecular weight excluding hydrogens is 322 g/mol. The van der Waals surface area contributed by atoms with Gasteiger partial charge in [0, 0.05) is 36.0 Å².